The van der Waals surface area contributed by atoms with Crippen molar-refractivity contribution in [2.24, 2.45) is 15.9 Å². The SMILES string of the molecule is Cc1ccc(NC(=O)CSC2=NC(=O)N=C3CCCCC32)cc1Cl. The molecule has 1 aromatic rings. The van der Waals surface area contributed by atoms with Crippen molar-refractivity contribution >= 4 is 51.7 Å². The molecule has 1 aliphatic carbocycles. The minimum Gasteiger partial charge on any atom is -0.325 e. The molecule has 0 saturated heterocycles. The molecule has 0 bridgehead atoms. The number of nitrogens with one attached hydrogen (secondary N) is 1. The minimum absolute atomic E-state index is 0.114. The molecule has 1 aromatic carbocycles. The highest BCUT2D eigenvalue weighted by Crippen LogP contribution is 2.30. The number of aryl methyl sites for hydroxylation is 1. The van der Waals surface area contributed by atoms with Crippen molar-refractivity contribution in [1.29, 1.82) is 0 Å². The molecule has 7 heteroatoms. The Bertz CT molecular complexity index is 745. The zero-order valence-corrected chi connectivity index (χ0v) is 14.9. The van der Waals surface area contributed by atoms with E-state index in [0.717, 1.165) is 42.0 Å². The molecule has 1 heterocycles. The number of benzene rings is 1. The highest BCUT2D eigenvalue weighted by molar-refractivity contribution is 8.14. The molecule has 1 fully saturated rings. The second-order valence-corrected chi connectivity index (χ2v) is 7.34. The summed E-state index contributed by atoms with van der Waals surface area (Å²) in [6.45, 7) is 1.91. The molecule has 1 aliphatic heterocycles. The molecule has 0 radical (unpaired) electrons. The predicted octanol–water partition coefficient (Wildman–Crippen LogP) is 4.48. The highest BCUT2D eigenvalue weighted by atomic mass is 35.5. The van der Waals surface area contributed by atoms with Gasteiger partial charge >= 0.3 is 6.03 Å². The number of hydrogen-bond acceptors (Lipinski definition) is 3. The van der Waals surface area contributed by atoms with Crippen molar-refractivity contribution in [2.45, 2.75) is 32.6 Å². The molecule has 0 spiro atoms. The van der Waals surface area contributed by atoms with E-state index in [2.05, 4.69) is 15.3 Å². The number of aliphatic imine (C=N–C) groups is 2. The molecular formula is C17H18ClN3O2S. The number of fused-ring (bicyclic) bond motifs is 1. The van der Waals surface area contributed by atoms with E-state index in [9.17, 15) is 9.59 Å². The van der Waals surface area contributed by atoms with Gasteiger partial charge in [0.2, 0.25) is 5.91 Å². The van der Waals surface area contributed by atoms with E-state index in [-0.39, 0.29) is 17.6 Å². The van der Waals surface area contributed by atoms with Crippen molar-refractivity contribution in [3.63, 3.8) is 0 Å². The molecule has 2 aliphatic rings. The van der Waals surface area contributed by atoms with Gasteiger partial charge in [0.25, 0.3) is 0 Å². The van der Waals surface area contributed by atoms with E-state index < -0.39 is 6.03 Å². The molecule has 3 amide bonds. The highest BCUT2D eigenvalue weighted by Gasteiger charge is 2.30. The monoisotopic (exact) mass is 363 g/mol. The van der Waals surface area contributed by atoms with Crippen LogP contribution in [0.1, 0.15) is 31.2 Å². The zero-order chi connectivity index (χ0) is 17.1. The Morgan fingerprint density at radius 3 is 3.00 bits per heavy atom. The van der Waals surface area contributed by atoms with Gasteiger partial charge in [-0.05, 0) is 43.9 Å². The first-order chi connectivity index (χ1) is 11.5. The van der Waals surface area contributed by atoms with Crippen LogP contribution in [0.25, 0.3) is 0 Å². The lowest BCUT2D eigenvalue weighted by Gasteiger charge is -2.26. The van der Waals surface area contributed by atoms with E-state index in [1.54, 1.807) is 6.07 Å². The Hall–Kier alpha value is -1.66. The van der Waals surface area contributed by atoms with Gasteiger partial charge in [0.1, 0.15) is 0 Å². The van der Waals surface area contributed by atoms with E-state index in [0.29, 0.717) is 10.7 Å². The largest absolute Gasteiger partial charge is 0.367 e. The Morgan fingerprint density at radius 2 is 2.21 bits per heavy atom. The van der Waals surface area contributed by atoms with Gasteiger partial charge in [0, 0.05) is 22.3 Å². The number of halogens is 1. The number of thioether (sulfide) groups is 1. The molecule has 1 unspecified atom stereocenters. The first kappa shape index (κ1) is 17.2. The summed E-state index contributed by atoms with van der Waals surface area (Å²) in [7, 11) is 0. The second-order valence-electron chi connectivity index (χ2n) is 5.93. The Balaban J connectivity index is 1.59. The van der Waals surface area contributed by atoms with Gasteiger partial charge in [-0.1, -0.05) is 35.9 Å². The van der Waals surface area contributed by atoms with Crippen LogP contribution in [0.5, 0.6) is 0 Å². The lowest BCUT2D eigenvalue weighted by Crippen LogP contribution is -2.31. The van der Waals surface area contributed by atoms with Crippen LogP contribution in [0.2, 0.25) is 5.02 Å². The van der Waals surface area contributed by atoms with Crippen LogP contribution in [-0.4, -0.2) is 28.4 Å². The van der Waals surface area contributed by atoms with E-state index in [1.165, 1.54) is 11.8 Å². The summed E-state index contributed by atoms with van der Waals surface area (Å²) in [6.07, 6.45) is 3.97. The Kier molecular flexibility index (Phi) is 5.36. The first-order valence-electron chi connectivity index (χ1n) is 7.92. The van der Waals surface area contributed by atoms with Gasteiger partial charge in [0.05, 0.1) is 10.8 Å². The molecule has 1 atom stereocenters. The summed E-state index contributed by atoms with van der Waals surface area (Å²) in [5.41, 5.74) is 2.55. The van der Waals surface area contributed by atoms with Gasteiger partial charge in [-0.2, -0.15) is 4.99 Å². The Morgan fingerprint density at radius 1 is 1.38 bits per heavy atom. The molecular weight excluding hydrogens is 346 g/mol. The normalized spacial score (nSPS) is 20.1. The average molecular weight is 364 g/mol. The van der Waals surface area contributed by atoms with Crippen molar-refractivity contribution in [3.8, 4) is 0 Å². The number of carbonyl (C=O) groups excluding carboxylic acids is 2. The smallest absolute Gasteiger partial charge is 0.325 e. The fourth-order valence-corrected chi connectivity index (χ4v) is 3.98. The summed E-state index contributed by atoms with van der Waals surface area (Å²) < 4.78 is 0. The number of urea groups is 1. The number of anilines is 1. The first-order valence-corrected chi connectivity index (χ1v) is 9.28. The number of amides is 3. The number of carbonyl (C=O) groups is 2. The molecule has 24 heavy (non-hydrogen) atoms. The maximum absolute atomic E-state index is 12.1. The van der Waals surface area contributed by atoms with Gasteiger partial charge < -0.3 is 5.32 Å². The summed E-state index contributed by atoms with van der Waals surface area (Å²) in [6, 6.07) is 4.96. The van der Waals surface area contributed by atoms with Gasteiger partial charge in [0.15, 0.2) is 0 Å². The van der Waals surface area contributed by atoms with Crippen LogP contribution in [0.3, 0.4) is 0 Å². The lowest BCUT2D eigenvalue weighted by molar-refractivity contribution is -0.113. The molecule has 1 N–H and O–H groups in total. The third-order valence-corrected chi connectivity index (χ3v) is 5.61. The summed E-state index contributed by atoms with van der Waals surface area (Å²) >= 11 is 7.39. The number of rotatable bonds is 3. The van der Waals surface area contributed by atoms with Crippen molar-refractivity contribution < 1.29 is 9.59 Å². The van der Waals surface area contributed by atoms with Crippen molar-refractivity contribution in [2.75, 3.05) is 11.1 Å². The molecule has 3 rings (SSSR count). The third-order valence-electron chi connectivity index (χ3n) is 4.13. The number of nitrogens with zero attached hydrogens (tertiary/aromatic N) is 2. The maximum atomic E-state index is 12.1. The van der Waals surface area contributed by atoms with E-state index >= 15 is 0 Å². The molecule has 0 aromatic heterocycles. The summed E-state index contributed by atoms with van der Waals surface area (Å²) in [5, 5.41) is 4.16. The molecule has 126 valence electrons. The summed E-state index contributed by atoms with van der Waals surface area (Å²) in [4.78, 5) is 31.8. The maximum Gasteiger partial charge on any atom is 0.367 e. The van der Waals surface area contributed by atoms with Gasteiger partial charge in [-0.15, -0.1) is 0 Å². The molecule has 5 nitrogen and oxygen atoms in total. The lowest BCUT2D eigenvalue weighted by atomic mass is 9.87. The van der Waals surface area contributed by atoms with Crippen molar-refractivity contribution in [1.82, 2.24) is 0 Å². The standard InChI is InChI=1S/C17H18ClN3O2S/c1-10-6-7-11(8-13(10)18)19-15(22)9-24-16-12-4-2-3-5-14(12)20-17(23)21-16/h6-8,12H,2-5,9H2,1H3,(H,19,22). The second kappa shape index (κ2) is 7.49. The fourth-order valence-electron chi connectivity index (χ4n) is 2.86. The topological polar surface area (TPSA) is 70.9 Å². The number of hydrogen-bond donors (Lipinski definition) is 1. The predicted molar refractivity (Wildman–Crippen MR) is 99.5 cm³/mol. The van der Waals surface area contributed by atoms with Crippen LogP contribution in [-0.2, 0) is 4.79 Å². The van der Waals surface area contributed by atoms with Crippen molar-refractivity contribution in [3.05, 3.63) is 28.8 Å². The Labute approximate surface area is 150 Å². The third kappa shape index (κ3) is 4.05. The van der Waals surface area contributed by atoms with Gasteiger partial charge in [-0.25, -0.2) is 9.79 Å². The van der Waals surface area contributed by atoms with Crippen LogP contribution in [0.4, 0.5) is 10.5 Å². The quantitative estimate of drug-likeness (QED) is 0.860. The zero-order valence-electron chi connectivity index (χ0n) is 13.3. The van der Waals surface area contributed by atoms with Crippen LogP contribution in [0.15, 0.2) is 28.2 Å². The van der Waals surface area contributed by atoms with E-state index in [4.69, 9.17) is 11.6 Å². The minimum atomic E-state index is -0.448. The van der Waals surface area contributed by atoms with Crippen LogP contribution >= 0.6 is 23.4 Å². The van der Waals surface area contributed by atoms with E-state index in [1.807, 2.05) is 19.1 Å². The van der Waals surface area contributed by atoms with Crippen LogP contribution < -0.4 is 5.32 Å². The summed E-state index contributed by atoms with van der Waals surface area (Å²) in [5.74, 6) is 0.180. The van der Waals surface area contributed by atoms with Gasteiger partial charge in [-0.3, -0.25) is 4.79 Å². The molecule has 1 saturated carbocycles. The average Bonchev–Trinajstić information content (AvgIpc) is 2.56. The van der Waals surface area contributed by atoms with Crippen LogP contribution in [0, 0.1) is 12.8 Å². The fraction of sp³-hybridized carbons (Fsp3) is 0.412.